The first-order valence-electron chi connectivity index (χ1n) is 7.01. The molecule has 1 aromatic carbocycles. The Morgan fingerprint density at radius 3 is 3.05 bits per heavy atom. The first-order chi connectivity index (χ1) is 9.66. The average molecular weight is 292 g/mol. The standard InChI is InChI=1S/C15H18ClN3O/c1-18-8-3-2-5-11(18)9-19-10-17-13-7-4-6-12(16)14(13)15(19)20/h4,6-7,10-11H,2-3,5,8-9H2,1H3/t11-/m0/s1. The van der Waals surface area contributed by atoms with Crippen LogP contribution >= 0.6 is 11.6 Å². The molecule has 0 spiro atoms. The molecule has 1 aliphatic rings. The summed E-state index contributed by atoms with van der Waals surface area (Å²) in [5.41, 5.74) is 0.621. The third kappa shape index (κ3) is 2.45. The fourth-order valence-corrected chi connectivity index (χ4v) is 3.14. The van der Waals surface area contributed by atoms with Crippen LogP contribution in [0.3, 0.4) is 0 Å². The molecular formula is C15H18ClN3O. The summed E-state index contributed by atoms with van der Waals surface area (Å²) >= 11 is 6.14. The molecule has 20 heavy (non-hydrogen) atoms. The van der Waals surface area contributed by atoms with Gasteiger partial charge in [0.25, 0.3) is 5.56 Å². The van der Waals surface area contributed by atoms with E-state index in [1.165, 1.54) is 12.8 Å². The zero-order valence-electron chi connectivity index (χ0n) is 11.6. The van der Waals surface area contributed by atoms with Gasteiger partial charge in [-0.3, -0.25) is 9.36 Å². The lowest BCUT2D eigenvalue weighted by Crippen LogP contribution is -2.41. The van der Waals surface area contributed by atoms with Gasteiger partial charge < -0.3 is 4.90 Å². The smallest absolute Gasteiger partial charge is 0.262 e. The lowest BCUT2D eigenvalue weighted by Gasteiger charge is -2.32. The van der Waals surface area contributed by atoms with E-state index in [4.69, 9.17) is 11.6 Å². The molecule has 1 saturated heterocycles. The molecule has 1 aliphatic heterocycles. The lowest BCUT2D eigenvalue weighted by molar-refractivity contribution is 0.166. The second kappa shape index (κ2) is 5.54. The van der Waals surface area contributed by atoms with E-state index in [0.29, 0.717) is 28.5 Å². The van der Waals surface area contributed by atoms with Crippen molar-refractivity contribution < 1.29 is 0 Å². The van der Waals surface area contributed by atoms with Gasteiger partial charge in [-0.2, -0.15) is 0 Å². The van der Waals surface area contributed by atoms with Gasteiger partial charge in [0.15, 0.2) is 0 Å². The Morgan fingerprint density at radius 1 is 1.40 bits per heavy atom. The normalized spacial score (nSPS) is 20.4. The van der Waals surface area contributed by atoms with E-state index < -0.39 is 0 Å². The van der Waals surface area contributed by atoms with Crippen molar-refractivity contribution in [3.8, 4) is 0 Å². The SMILES string of the molecule is CN1CCCC[C@H]1Cn1cnc2cccc(Cl)c2c1=O. The Balaban J connectivity index is 1.98. The molecule has 0 radical (unpaired) electrons. The molecule has 2 heterocycles. The summed E-state index contributed by atoms with van der Waals surface area (Å²) in [7, 11) is 2.12. The van der Waals surface area contributed by atoms with Crippen molar-refractivity contribution in [3.05, 3.63) is 39.9 Å². The van der Waals surface area contributed by atoms with Gasteiger partial charge in [-0.25, -0.2) is 4.98 Å². The van der Waals surface area contributed by atoms with Crippen LogP contribution in [-0.4, -0.2) is 34.1 Å². The molecule has 0 unspecified atom stereocenters. The Morgan fingerprint density at radius 2 is 2.25 bits per heavy atom. The Bertz CT molecular complexity index is 682. The topological polar surface area (TPSA) is 38.1 Å². The Labute approximate surface area is 123 Å². The van der Waals surface area contributed by atoms with Crippen molar-refractivity contribution in [2.45, 2.75) is 31.8 Å². The van der Waals surface area contributed by atoms with E-state index >= 15 is 0 Å². The lowest BCUT2D eigenvalue weighted by atomic mass is 10.0. The summed E-state index contributed by atoms with van der Waals surface area (Å²) in [5.74, 6) is 0. The second-order valence-electron chi connectivity index (χ2n) is 5.47. The molecule has 5 heteroatoms. The zero-order chi connectivity index (χ0) is 14.1. The molecule has 0 aliphatic carbocycles. The first kappa shape index (κ1) is 13.6. The zero-order valence-corrected chi connectivity index (χ0v) is 12.3. The summed E-state index contributed by atoms with van der Waals surface area (Å²) in [5, 5.41) is 1.00. The third-order valence-electron chi connectivity index (χ3n) is 4.13. The van der Waals surface area contributed by atoms with E-state index in [9.17, 15) is 4.79 Å². The van der Waals surface area contributed by atoms with Crippen LogP contribution in [0.5, 0.6) is 0 Å². The number of benzene rings is 1. The Hall–Kier alpha value is -1.39. The van der Waals surface area contributed by atoms with Gasteiger partial charge in [-0.05, 0) is 38.6 Å². The number of nitrogens with zero attached hydrogens (tertiary/aromatic N) is 3. The molecule has 0 N–H and O–H groups in total. The first-order valence-corrected chi connectivity index (χ1v) is 7.38. The second-order valence-corrected chi connectivity index (χ2v) is 5.87. The van der Waals surface area contributed by atoms with Gasteiger partial charge in [0.1, 0.15) is 0 Å². The molecule has 1 atom stereocenters. The van der Waals surface area contributed by atoms with Crippen molar-refractivity contribution in [2.75, 3.05) is 13.6 Å². The predicted molar refractivity (Wildman–Crippen MR) is 81.3 cm³/mol. The number of hydrogen-bond acceptors (Lipinski definition) is 3. The Kier molecular flexibility index (Phi) is 3.76. The number of rotatable bonds is 2. The molecule has 0 amide bonds. The highest BCUT2D eigenvalue weighted by atomic mass is 35.5. The summed E-state index contributed by atoms with van der Waals surface area (Å²) in [6, 6.07) is 5.78. The van der Waals surface area contributed by atoms with Gasteiger partial charge in [0, 0.05) is 12.6 Å². The van der Waals surface area contributed by atoms with Gasteiger partial charge in [-0.1, -0.05) is 24.1 Å². The van der Waals surface area contributed by atoms with Gasteiger partial charge in [0.2, 0.25) is 0 Å². The molecule has 0 bridgehead atoms. The fraction of sp³-hybridized carbons (Fsp3) is 0.467. The molecule has 106 valence electrons. The van der Waals surface area contributed by atoms with Crippen molar-refractivity contribution in [1.29, 1.82) is 0 Å². The summed E-state index contributed by atoms with van der Waals surface area (Å²) in [6.45, 7) is 1.78. The maximum absolute atomic E-state index is 12.5. The maximum Gasteiger partial charge on any atom is 0.262 e. The van der Waals surface area contributed by atoms with Gasteiger partial charge in [0.05, 0.1) is 22.3 Å². The highest BCUT2D eigenvalue weighted by molar-refractivity contribution is 6.35. The summed E-state index contributed by atoms with van der Waals surface area (Å²) in [6.07, 6.45) is 5.24. The van der Waals surface area contributed by atoms with E-state index in [-0.39, 0.29) is 5.56 Å². The predicted octanol–water partition coefficient (Wildman–Crippen LogP) is 2.53. The molecule has 0 saturated carbocycles. The van der Waals surface area contributed by atoms with E-state index in [0.717, 1.165) is 13.0 Å². The molecule has 3 rings (SSSR count). The molecular weight excluding hydrogens is 274 g/mol. The molecule has 1 aromatic heterocycles. The number of aromatic nitrogens is 2. The third-order valence-corrected chi connectivity index (χ3v) is 4.45. The number of fused-ring (bicyclic) bond motifs is 1. The van der Waals surface area contributed by atoms with E-state index in [1.807, 2.05) is 12.1 Å². The summed E-state index contributed by atoms with van der Waals surface area (Å²) < 4.78 is 1.70. The number of halogens is 1. The number of hydrogen-bond donors (Lipinski definition) is 0. The van der Waals surface area contributed by atoms with Crippen LogP contribution < -0.4 is 5.56 Å². The quantitative estimate of drug-likeness (QED) is 0.853. The minimum absolute atomic E-state index is 0.0421. The van der Waals surface area contributed by atoms with Crippen LogP contribution in [0.1, 0.15) is 19.3 Å². The maximum atomic E-state index is 12.5. The minimum Gasteiger partial charge on any atom is -0.302 e. The largest absolute Gasteiger partial charge is 0.302 e. The molecule has 4 nitrogen and oxygen atoms in total. The monoisotopic (exact) mass is 291 g/mol. The number of likely N-dealkylation sites (N-methyl/N-ethyl adjacent to an activating group) is 1. The highest BCUT2D eigenvalue weighted by Crippen LogP contribution is 2.19. The van der Waals surface area contributed by atoms with Crippen LogP contribution in [0.15, 0.2) is 29.3 Å². The highest BCUT2D eigenvalue weighted by Gasteiger charge is 2.20. The average Bonchev–Trinajstić information content (AvgIpc) is 2.44. The van der Waals surface area contributed by atoms with Crippen LogP contribution in [0.25, 0.3) is 10.9 Å². The van der Waals surface area contributed by atoms with Crippen molar-refractivity contribution in [2.24, 2.45) is 0 Å². The van der Waals surface area contributed by atoms with Crippen LogP contribution in [0, 0.1) is 0 Å². The molecule has 1 fully saturated rings. The van der Waals surface area contributed by atoms with Crippen LogP contribution in [0.2, 0.25) is 5.02 Å². The van der Waals surface area contributed by atoms with Gasteiger partial charge >= 0.3 is 0 Å². The van der Waals surface area contributed by atoms with Crippen LogP contribution in [-0.2, 0) is 6.54 Å². The number of likely N-dealkylation sites (tertiary alicyclic amines) is 1. The van der Waals surface area contributed by atoms with E-state index in [2.05, 4.69) is 16.9 Å². The minimum atomic E-state index is -0.0421. The van der Waals surface area contributed by atoms with E-state index in [1.54, 1.807) is 17.0 Å². The van der Waals surface area contributed by atoms with Crippen molar-refractivity contribution in [1.82, 2.24) is 14.5 Å². The number of piperidine rings is 1. The van der Waals surface area contributed by atoms with Gasteiger partial charge in [-0.15, -0.1) is 0 Å². The fourth-order valence-electron chi connectivity index (χ4n) is 2.89. The molecule has 2 aromatic rings. The van der Waals surface area contributed by atoms with Crippen molar-refractivity contribution >= 4 is 22.5 Å². The summed E-state index contributed by atoms with van der Waals surface area (Å²) in [4.78, 5) is 19.2. The van der Waals surface area contributed by atoms with Crippen LogP contribution in [0.4, 0.5) is 0 Å². The van der Waals surface area contributed by atoms with Crippen molar-refractivity contribution in [3.63, 3.8) is 0 Å².